The predicted octanol–water partition coefficient (Wildman–Crippen LogP) is 3.72. The molecule has 1 unspecified atom stereocenters. The number of hydrogen-bond acceptors (Lipinski definition) is 3. The Balaban J connectivity index is 1.88. The van der Waals surface area contributed by atoms with Crippen molar-refractivity contribution in [3.8, 4) is 5.75 Å². The average Bonchev–Trinajstić information content (AvgIpc) is 2.70. The first kappa shape index (κ1) is 23.1. The van der Waals surface area contributed by atoms with Crippen molar-refractivity contribution in [3.63, 3.8) is 0 Å². The van der Waals surface area contributed by atoms with E-state index in [1.807, 2.05) is 19.9 Å². The molecule has 1 amide bonds. The van der Waals surface area contributed by atoms with Gasteiger partial charge in [-0.2, -0.15) is 0 Å². The third-order valence-electron chi connectivity index (χ3n) is 4.24. The minimum absolute atomic E-state index is 0.0908. The highest BCUT2D eigenvalue weighted by Crippen LogP contribution is 2.22. The van der Waals surface area contributed by atoms with Crippen LogP contribution in [0.25, 0.3) is 0 Å². The topological polar surface area (TPSA) is 88.7 Å². The van der Waals surface area contributed by atoms with Gasteiger partial charge in [-0.05, 0) is 48.7 Å². The van der Waals surface area contributed by atoms with Crippen LogP contribution in [0.1, 0.15) is 41.8 Å². The summed E-state index contributed by atoms with van der Waals surface area (Å²) in [6.07, 6.45) is -3.88. The highest BCUT2D eigenvalue weighted by Gasteiger charge is 2.30. The summed E-state index contributed by atoms with van der Waals surface area (Å²) in [5.74, 6) is -0.246. The Morgan fingerprint density at radius 1 is 1.17 bits per heavy atom. The van der Waals surface area contributed by atoms with E-state index in [4.69, 9.17) is 5.73 Å². The van der Waals surface area contributed by atoms with Gasteiger partial charge in [0.25, 0.3) is 5.91 Å². The van der Waals surface area contributed by atoms with Gasteiger partial charge in [0.1, 0.15) is 5.75 Å². The van der Waals surface area contributed by atoms with Gasteiger partial charge < -0.3 is 21.1 Å². The monoisotopic (exact) mass is 422 g/mol. The zero-order chi connectivity index (χ0) is 22.1. The summed E-state index contributed by atoms with van der Waals surface area (Å²) in [7, 11) is 0. The number of nitrogens with one attached hydrogen (secondary N) is 2. The molecule has 0 saturated heterocycles. The lowest BCUT2D eigenvalue weighted by molar-refractivity contribution is -0.274. The number of nitrogens with two attached hydrogens (primary N) is 1. The molecule has 0 aliphatic rings. The number of hydrogen-bond donors (Lipinski definition) is 3. The van der Waals surface area contributed by atoms with E-state index in [1.165, 1.54) is 24.3 Å². The maximum Gasteiger partial charge on any atom is 0.573 e. The third-order valence-corrected chi connectivity index (χ3v) is 4.24. The Hall–Kier alpha value is -3.23. The van der Waals surface area contributed by atoms with Crippen LogP contribution in [0.2, 0.25) is 0 Å². The maximum atomic E-state index is 12.2. The van der Waals surface area contributed by atoms with Crippen LogP contribution in [-0.4, -0.2) is 24.3 Å². The number of ether oxygens (including phenoxy) is 1. The molecule has 0 aliphatic carbocycles. The molecular weight excluding hydrogens is 397 g/mol. The molecule has 0 fully saturated rings. The van der Waals surface area contributed by atoms with Crippen molar-refractivity contribution in [2.75, 3.05) is 0 Å². The van der Waals surface area contributed by atoms with Crippen molar-refractivity contribution in [1.82, 2.24) is 10.6 Å². The fourth-order valence-electron chi connectivity index (χ4n) is 2.45. The number of rotatable bonds is 8. The smallest absolute Gasteiger partial charge is 0.406 e. The van der Waals surface area contributed by atoms with Crippen LogP contribution in [0.3, 0.4) is 0 Å². The van der Waals surface area contributed by atoms with E-state index < -0.39 is 6.36 Å². The molecular formula is C21H25F3N4O2. The molecule has 0 spiro atoms. The van der Waals surface area contributed by atoms with Crippen molar-refractivity contribution >= 4 is 11.9 Å². The fraction of sp³-hybridized carbons (Fsp3) is 0.333. The second kappa shape index (κ2) is 10.5. The van der Waals surface area contributed by atoms with E-state index in [9.17, 15) is 18.0 Å². The van der Waals surface area contributed by atoms with Gasteiger partial charge >= 0.3 is 6.36 Å². The zero-order valence-corrected chi connectivity index (χ0v) is 16.8. The molecule has 6 nitrogen and oxygen atoms in total. The molecule has 9 heteroatoms. The third kappa shape index (κ3) is 8.02. The molecule has 4 N–H and O–H groups in total. The first-order chi connectivity index (χ1) is 14.2. The summed E-state index contributed by atoms with van der Waals surface area (Å²) >= 11 is 0. The Morgan fingerprint density at radius 2 is 1.87 bits per heavy atom. The van der Waals surface area contributed by atoms with Crippen LogP contribution in [0, 0.1) is 0 Å². The lowest BCUT2D eigenvalue weighted by Crippen LogP contribution is -2.32. The molecule has 0 radical (unpaired) electrons. The number of carbonyl (C=O) groups excluding carboxylic acids is 1. The molecule has 2 rings (SSSR count). The fourth-order valence-corrected chi connectivity index (χ4v) is 2.45. The zero-order valence-electron chi connectivity index (χ0n) is 16.8. The average molecular weight is 422 g/mol. The predicted molar refractivity (Wildman–Crippen MR) is 109 cm³/mol. The van der Waals surface area contributed by atoms with Gasteiger partial charge in [-0.3, -0.25) is 4.79 Å². The Morgan fingerprint density at radius 3 is 2.50 bits per heavy atom. The SMILES string of the molecule is CCC(C)NC(=O)c1cccc(CN=C(N)NCc2ccc(OC(F)(F)F)cc2)c1. The molecule has 2 aromatic rings. The lowest BCUT2D eigenvalue weighted by atomic mass is 10.1. The van der Waals surface area contributed by atoms with E-state index in [2.05, 4.69) is 20.4 Å². The van der Waals surface area contributed by atoms with Gasteiger partial charge in [0.2, 0.25) is 0 Å². The number of benzene rings is 2. The first-order valence-corrected chi connectivity index (χ1v) is 9.44. The number of nitrogens with zero attached hydrogens (tertiary/aromatic N) is 1. The number of amides is 1. The number of halogens is 3. The van der Waals surface area contributed by atoms with Gasteiger partial charge in [-0.15, -0.1) is 13.2 Å². The highest BCUT2D eigenvalue weighted by atomic mass is 19.4. The van der Waals surface area contributed by atoms with Crippen molar-refractivity contribution < 1.29 is 22.7 Å². The highest BCUT2D eigenvalue weighted by molar-refractivity contribution is 5.94. The Labute approximate surface area is 173 Å². The van der Waals surface area contributed by atoms with E-state index in [0.717, 1.165) is 12.0 Å². The van der Waals surface area contributed by atoms with Crippen LogP contribution in [0.4, 0.5) is 13.2 Å². The van der Waals surface area contributed by atoms with Crippen LogP contribution in [-0.2, 0) is 13.1 Å². The van der Waals surface area contributed by atoms with E-state index in [1.54, 1.807) is 18.2 Å². The largest absolute Gasteiger partial charge is 0.573 e. The van der Waals surface area contributed by atoms with Crippen molar-refractivity contribution in [1.29, 1.82) is 0 Å². The van der Waals surface area contributed by atoms with E-state index in [0.29, 0.717) is 17.7 Å². The van der Waals surface area contributed by atoms with Crippen LogP contribution in [0.5, 0.6) is 5.75 Å². The normalized spacial score (nSPS) is 12.9. The van der Waals surface area contributed by atoms with Crippen molar-refractivity contribution in [3.05, 3.63) is 65.2 Å². The standard InChI is InChI=1S/C21H25F3N4O2/c1-3-14(2)28-19(29)17-6-4-5-16(11-17)13-27-20(25)26-12-15-7-9-18(10-8-15)30-21(22,23)24/h4-11,14H,3,12-13H2,1-2H3,(H,28,29)(H3,25,26,27). The van der Waals surface area contributed by atoms with Crippen LogP contribution >= 0.6 is 0 Å². The van der Waals surface area contributed by atoms with Gasteiger partial charge in [0, 0.05) is 18.2 Å². The molecule has 1 atom stereocenters. The summed E-state index contributed by atoms with van der Waals surface area (Å²) in [6, 6.07) is 12.7. The minimum Gasteiger partial charge on any atom is -0.406 e. The van der Waals surface area contributed by atoms with Gasteiger partial charge in [-0.25, -0.2) is 4.99 Å². The lowest BCUT2D eigenvalue weighted by Gasteiger charge is -2.12. The van der Waals surface area contributed by atoms with E-state index in [-0.39, 0.29) is 30.2 Å². The van der Waals surface area contributed by atoms with Crippen LogP contribution < -0.4 is 21.1 Å². The number of aliphatic imine (C=N–C) groups is 1. The molecule has 0 aliphatic heterocycles. The van der Waals surface area contributed by atoms with Crippen molar-refractivity contribution in [2.24, 2.45) is 10.7 Å². The number of alkyl halides is 3. The van der Waals surface area contributed by atoms with Gasteiger partial charge in [-0.1, -0.05) is 31.2 Å². The first-order valence-electron chi connectivity index (χ1n) is 9.44. The van der Waals surface area contributed by atoms with Gasteiger partial charge in [0.15, 0.2) is 5.96 Å². The summed E-state index contributed by atoms with van der Waals surface area (Å²) in [6.45, 7) is 4.51. The molecule has 0 bridgehead atoms. The molecule has 162 valence electrons. The Kier molecular flexibility index (Phi) is 8.08. The maximum absolute atomic E-state index is 12.2. The van der Waals surface area contributed by atoms with Crippen molar-refractivity contribution in [2.45, 2.75) is 45.8 Å². The summed E-state index contributed by atoms with van der Waals surface area (Å²) < 4.78 is 40.3. The number of carbonyl (C=O) groups is 1. The molecule has 30 heavy (non-hydrogen) atoms. The van der Waals surface area contributed by atoms with E-state index >= 15 is 0 Å². The molecule has 0 saturated carbocycles. The molecule has 2 aromatic carbocycles. The van der Waals surface area contributed by atoms with Crippen LogP contribution in [0.15, 0.2) is 53.5 Å². The molecule has 0 aromatic heterocycles. The second-order valence-electron chi connectivity index (χ2n) is 6.73. The summed E-state index contributed by atoms with van der Waals surface area (Å²) in [5, 5.41) is 5.80. The number of guanidine groups is 1. The second-order valence-corrected chi connectivity index (χ2v) is 6.73. The summed E-state index contributed by atoms with van der Waals surface area (Å²) in [4.78, 5) is 16.4. The Bertz CT molecular complexity index is 867. The minimum atomic E-state index is -4.72. The summed E-state index contributed by atoms with van der Waals surface area (Å²) in [5.41, 5.74) is 7.94. The quantitative estimate of drug-likeness (QED) is 0.447. The molecule has 0 heterocycles. The van der Waals surface area contributed by atoms with Gasteiger partial charge in [0.05, 0.1) is 6.54 Å².